The summed E-state index contributed by atoms with van der Waals surface area (Å²) in [5, 5.41) is 6.79. The van der Waals surface area contributed by atoms with Gasteiger partial charge in [0.2, 0.25) is 10.0 Å². The smallest absolute Gasteiger partial charge is 0.214 e. The molecule has 7 nitrogen and oxygen atoms in total. The molecule has 1 aromatic carbocycles. The molecule has 1 N–H and O–H groups in total. The van der Waals surface area contributed by atoms with Gasteiger partial charge >= 0.3 is 0 Å². The minimum absolute atomic E-state index is 0.0306. The molecule has 33 heavy (non-hydrogen) atoms. The van der Waals surface area contributed by atoms with Gasteiger partial charge in [0.1, 0.15) is 5.82 Å². The Balaban J connectivity index is 1.26. The number of pyridine rings is 1. The van der Waals surface area contributed by atoms with E-state index in [1.807, 2.05) is 31.5 Å². The standard InChI is InChI=1S/C24H26FN5O2S/c1-17-12-19(16-30(17)33(31,32)11-9-18-2-4-21(25)5-3-18)15-29-10-8-23-24(29)7-6-22(28-23)20-13-26-27-14-20/h2-8,10,13-14,17,19H,9,11-12,15-16H2,1H3,(H,26,27)/t17-,19+/m1/s1. The van der Waals surface area contributed by atoms with Crippen molar-refractivity contribution in [1.82, 2.24) is 24.1 Å². The van der Waals surface area contributed by atoms with Crippen LogP contribution in [0.5, 0.6) is 0 Å². The van der Waals surface area contributed by atoms with Gasteiger partial charge < -0.3 is 4.57 Å². The van der Waals surface area contributed by atoms with Gasteiger partial charge in [-0.2, -0.15) is 9.40 Å². The number of hydrogen-bond acceptors (Lipinski definition) is 4. The second-order valence-electron chi connectivity index (χ2n) is 8.77. The van der Waals surface area contributed by atoms with Crippen LogP contribution in [0.4, 0.5) is 4.39 Å². The summed E-state index contributed by atoms with van der Waals surface area (Å²) in [4.78, 5) is 4.73. The first-order chi connectivity index (χ1) is 15.9. The first-order valence-electron chi connectivity index (χ1n) is 11.1. The van der Waals surface area contributed by atoms with Gasteiger partial charge in [-0.15, -0.1) is 0 Å². The minimum atomic E-state index is -3.39. The van der Waals surface area contributed by atoms with Crippen LogP contribution in [0.3, 0.4) is 0 Å². The van der Waals surface area contributed by atoms with Crippen LogP contribution < -0.4 is 0 Å². The van der Waals surface area contributed by atoms with E-state index >= 15 is 0 Å². The number of H-pyrrole nitrogens is 1. The van der Waals surface area contributed by atoms with E-state index in [2.05, 4.69) is 20.8 Å². The largest absolute Gasteiger partial charge is 0.346 e. The maximum Gasteiger partial charge on any atom is 0.214 e. The Morgan fingerprint density at radius 1 is 1.15 bits per heavy atom. The van der Waals surface area contributed by atoms with Gasteiger partial charge in [-0.25, -0.2) is 17.8 Å². The Bertz CT molecular complexity index is 1350. The summed E-state index contributed by atoms with van der Waals surface area (Å²) >= 11 is 0. The average molecular weight is 468 g/mol. The zero-order valence-electron chi connectivity index (χ0n) is 18.4. The Hall–Kier alpha value is -3.04. The molecule has 1 aliphatic heterocycles. The average Bonchev–Trinajstić information content (AvgIpc) is 3.54. The molecule has 1 fully saturated rings. The molecule has 172 valence electrons. The van der Waals surface area contributed by atoms with Gasteiger partial charge in [0.05, 0.1) is 28.7 Å². The van der Waals surface area contributed by atoms with Crippen molar-refractivity contribution in [2.75, 3.05) is 12.3 Å². The van der Waals surface area contributed by atoms with Crippen LogP contribution in [0, 0.1) is 11.7 Å². The van der Waals surface area contributed by atoms with Crippen LogP contribution >= 0.6 is 0 Å². The van der Waals surface area contributed by atoms with Crippen molar-refractivity contribution in [3.63, 3.8) is 0 Å². The number of rotatable bonds is 7. The monoisotopic (exact) mass is 467 g/mol. The lowest BCUT2D eigenvalue weighted by atomic mass is 10.1. The lowest BCUT2D eigenvalue weighted by Gasteiger charge is -2.21. The van der Waals surface area contributed by atoms with E-state index in [-0.39, 0.29) is 23.5 Å². The molecule has 1 aliphatic rings. The normalized spacial score (nSPS) is 19.5. The number of aryl methyl sites for hydroxylation is 1. The van der Waals surface area contributed by atoms with Gasteiger partial charge in [0, 0.05) is 37.1 Å². The van der Waals surface area contributed by atoms with E-state index in [1.54, 1.807) is 22.6 Å². The molecule has 0 radical (unpaired) electrons. The highest BCUT2D eigenvalue weighted by Crippen LogP contribution is 2.29. The fourth-order valence-electron chi connectivity index (χ4n) is 4.71. The van der Waals surface area contributed by atoms with Crippen LogP contribution in [-0.2, 0) is 23.0 Å². The number of aromatic nitrogens is 4. The third-order valence-corrected chi connectivity index (χ3v) is 8.34. The molecule has 1 saturated heterocycles. The van der Waals surface area contributed by atoms with Crippen molar-refractivity contribution in [2.45, 2.75) is 32.4 Å². The van der Waals surface area contributed by atoms with E-state index in [9.17, 15) is 12.8 Å². The predicted molar refractivity (Wildman–Crippen MR) is 125 cm³/mol. The van der Waals surface area contributed by atoms with Crippen molar-refractivity contribution >= 4 is 21.1 Å². The van der Waals surface area contributed by atoms with Crippen molar-refractivity contribution in [3.8, 4) is 11.3 Å². The molecule has 0 amide bonds. The van der Waals surface area contributed by atoms with Crippen LogP contribution in [-0.4, -0.2) is 50.8 Å². The molecule has 3 aromatic heterocycles. The van der Waals surface area contributed by atoms with Crippen LogP contribution in [0.2, 0.25) is 0 Å². The second kappa shape index (κ2) is 8.72. The fraction of sp³-hybridized carbons (Fsp3) is 0.333. The summed E-state index contributed by atoms with van der Waals surface area (Å²) in [7, 11) is -3.39. The summed E-state index contributed by atoms with van der Waals surface area (Å²) in [6.07, 6.45) is 6.78. The third-order valence-electron chi connectivity index (χ3n) is 6.40. The third kappa shape index (κ3) is 4.56. The first kappa shape index (κ1) is 21.8. The SMILES string of the molecule is C[C@@H]1C[C@@H](Cn2ccc3nc(-c4cn[nH]c4)ccc32)CN1S(=O)(=O)CCc1ccc(F)cc1. The van der Waals surface area contributed by atoms with Crippen molar-refractivity contribution in [1.29, 1.82) is 0 Å². The van der Waals surface area contributed by atoms with Crippen molar-refractivity contribution < 1.29 is 12.8 Å². The van der Waals surface area contributed by atoms with E-state index in [4.69, 9.17) is 4.98 Å². The van der Waals surface area contributed by atoms with Crippen molar-refractivity contribution in [2.24, 2.45) is 5.92 Å². The van der Waals surface area contributed by atoms with Crippen molar-refractivity contribution in [3.05, 3.63) is 72.4 Å². The molecule has 2 atom stereocenters. The quantitative estimate of drug-likeness (QED) is 0.448. The molecule has 0 saturated carbocycles. The molecular weight excluding hydrogens is 441 g/mol. The summed E-state index contributed by atoms with van der Waals surface area (Å²) in [6.45, 7) is 3.22. The number of sulfonamides is 1. The molecule has 4 heterocycles. The Labute approximate surface area is 192 Å². The Morgan fingerprint density at radius 3 is 2.73 bits per heavy atom. The minimum Gasteiger partial charge on any atom is -0.346 e. The Morgan fingerprint density at radius 2 is 1.97 bits per heavy atom. The number of nitrogens with one attached hydrogen (secondary N) is 1. The molecule has 0 spiro atoms. The molecule has 4 aromatic rings. The number of halogens is 1. The lowest BCUT2D eigenvalue weighted by Crippen LogP contribution is -2.36. The first-order valence-corrected chi connectivity index (χ1v) is 12.7. The van der Waals surface area contributed by atoms with E-state index < -0.39 is 10.0 Å². The second-order valence-corrected chi connectivity index (χ2v) is 10.8. The highest BCUT2D eigenvalue weighted by atomic mass is 32.2. The number of fused-ring (bicyclic) bond motifs is 1. The maximum absolute atomic E-state index is 13.1. The Kier molecular flexibility index (Phi) is 5.76. The fourth-order valence-corrected chi connectivity index (χ4v) is 6.51. The van der Waals surface area contributed by atoms with E-state index in [1.165, 1.54) is 12.1 Å². The molecule has 0 bridgehead atoms. The lowest BCUT2D eigenvalue weighted by molar-refractivity contribution is 0.399. The predicted octanol–water partition coefficient (Wildman–Crippen LogP) is 3.85. The van der Waals surface area contributed by atoms with Crippen LogP contribution in [0.15, 0.2) is 61.1 Å². The van der Waals surface area contributed by atoms with E-state index in [0.717, 1.165) is 40.8 Å². The summed E-state index contributed by atoms with van der Waals surface area (Å²) in [5.41, 5.74) is 4.57. The molecule has 9 heteroatoms. The zero-order valence-corrected chi connectivity index (χ0v) is 19.2. The summed E-state index contributed by atoms with van der Waals surface area (Å²) < 4.78 is 42.9. The topological polar surface area (TPSA) is 83.9 Å². The van der Waals surface area contributed by atoms with E-state index in [0.29, 0.717) is 13.0 Å². The summed E-state index contributed by atoms with van der Waals surface area (Å²) in [6, 6.07) is 12.0. The van der Waals surface area contributed by atoms with Gasteiger partial charge in [-0.1, -0.05) is 12.1 Å². The zero-order chi connectivity index (χ0) is 23.0. The van der Waals surface area contributed by atoms with Crippen LogP contribution in [0.25, 0.3) is 22.3 Å². The molecule has 0 aliphatic carbocycles. The van der Waals surface area contributed by atoms with Crippen LogP contribution in [0.1, 0.15) is 18.9 Å². The molecular formula is C24H26FN5O2S. The number of hydrogen-bond donors (Lipinski definition) is 1. The molecule has 0 unspecified atom stereocenters. The van der Waals surface area contributed by atoms with Gasteiger partial charge in [-0.3, -0.25) is 5.10 Å². The highest BCUT2D eigenvalue weighted by Gasteiger charge is 2.36. The summed E-state index contributed by atoms with van der Waals surface area (Å²) in [5.74, 6) is -0.0594. The van der Waals surface area contributed by atoms with Gasteiger partial charge in [0.15, 0.2) is 0 Å². The number of nitrogens with zero attached hydrogens (tertiary/aromatic N) is 4. The van der Waals surface area contributed by atoms with Gasteiger partial charge in [-0.05, 0) is 61.6 Å². The maximum atomic E-state index is 13.1. The number of aromatic amines is 1. The van der Waals surface area contributed by atoms with Gasteiger partial charge in [0.25, 0.3) is 0 Å². The molecule has 5 rings (SSSR count). The number of benzene rings is 1. The highest BCUT2D eigenvalue weighted by molar-refractivity contribution is 7.89.